The average Bonchev–Trinajstić information content (AvgIpc) is 3.40. The summed E-state index contributed by atoms with van der Waals surface area (Å²) in [4.78, 5) is 45.2. The minimum Gasteiger partial charge on any atom is -0.336 e. The van der Waals surface area contributed by atoms with Crippen molar-refractivity contribution in [1.82, 2.24) is 14.7 Å². The molecule has 9 nitrogen and oxygen atoms in total. The van der Waals surface area contributed by atoms with Crippen molar-refractivity contribution >= 4 is 44.2 Å². The molecule has 3 aliphatic heterocycles. The number of carbonyl (C=O) groups is 3. The molecule has 3 amide bonds. The molecule has 0 bridgehead atoms. The van der Waals surface area contributed by atoms with Gasteiger partial charge in [-0.3, -0.25) is 28.5 Å². The van der Waals surface area contributed by atoms with Gasteiger partial charge in [0.2, 0.25) is 0 Å². The zero-order valence-corrected chi connectivity index (χ0v) is 25.2. The summed E-state index contributed by atoms with van der Waals surface area (Å²) in [6.07, 6.45) is 0.641. The number of benzene rings is 4. The predicted octanol–water partition coefficient (Wildman–Crippen LogP) is 4.03. The van der Waals surface area contributed by atoms with Crippen LogP contribution in [0, 0.1) is 0 Å². The van der Waals surface area contributed by atoms with Gasteiger partial charge in [0.05, 0.1) is 10.6 Å². The number of hydrogen-bond donors (Lipinski definition) is 0. The minimum absolute atomic E-state index is 0.0960. The van der Waals surface area contributed by atoms with Crippen LogP contribution in [0.25, 0.3) is 10.8 Å². The van der Waals surface area contributed by atoms with E-state index in [2.05, 4.69) is 4.90 Å². The Balaban J connectivity index is 0.997. The van der Waals surface area contributed by atoms with Crippen LogP contribution >= 0.6 is 0 Å². The minimum atomic E-state index is -3.86. The van der Waals surface area contributed by atoms with Crippen LogP contribution in [0.2, 0.25) is 0 Å². The van der Waals surface area contributed by atoms with E-state index in [0.717, 1.165) is 10.9 Å². The molecule has 0 N–H and O–H groups in total. The number of carbonyl (C=O) groups excluding carboxylic acids is 3. The van der Waals surface area contributed by atoms with Gasteiger partial charge < -0.3 is 4.90 Å². The van der Waals surface area contributed by atoms with Crippen molar-refractivity contribution in [3.05, 3.63) is 107 Å². The molecular formula is C34H32N4O5S. The molecule has 1 atom stereocenters. The van der Waals surface area contributed by atoms with Crippen LogP contribution in [-0.4, -0.2) is 86.1 Å². The Bertz CT molecular complexity index is 1880. The van der Waals surface area contributed by atoms with E-state index >= 15 is 0 Å². The van der Waals surface area contributed by atoms with Crippen LogP contribution in [0.5, 0.6) is 0 Å². The fourth-order valence-electron chi connectivity index (χ4n) is 6.69. The maximum Gasteiger partial charge on any atom is 0.264 e. The number of nitrogens with zero attached hydrogens (tertiary/aromatic N) is 4. The summed E-state index contributed by atoms with van der Waals surface area (Å²) in [7, 11) is -3.86. The maximum atomic E-state index is 13.7. The summed E-state index contributed by atoms with van der Waals surface area (Å²) >= 11 is 0. The summed E-state index contributed by atoms with van der Waals surface area (Å²) in [5, 5.41) is 1.59. The first-order valence-electron chi connectivity index (χ1n) is 14.9. The molecule has 3 aliphatic rings. The lowest BCUT2D eigenvalue weighted by Crippen LogP contribution is -2.51. The average molecular weight is 609 g/mol. The first-order valence-corrected chi connectivity index (χ1v) is 16.3. The first kappa shape index (κ1) is 28.2. The van der Waals surface area contributed by atoms with Crippen LogP contribution in [0.3, 0.4) is 0 Å². The van der Waals surface area contributed by atoms with Crippen molar-refractivity contribution in [3.8, 4) is 0 Å². The Morgan fingerprint density at radius 3 is 2.16 bits per heavy atom. The molecular weight excluding hydrogens is 576 g/mol. The van der Waals surface area contributed by atoms with E-state index in [4.69, 9.17) is 0 Å². The molecule has 0 spiro atoms. The molecule has 4 aromatic rings. The summed E-state index contributed by atoms with van der Waals surface area (Å²) < 4.78 is 28.9. The number of anilines is 1. The zero-order valence-electron chi connectivity index (χ0n) is 24.3. The lowest BCUT2D eigenvalue weighted by molar-refractivity contribution is 0.0550. The zero-order chi connectivity index (χ0) is 30.6. The third-order valence-corrected chi connectivity index (χ3v) is 10.9. The number of para-hydroxylation sites is 1. The molecule has 10 heteroatoms. The molecule has 224 valence electrons. The SMILES string of the molecule is C[C@@H]1Cc2ccccc2N1S(=O)(=O)c1cccc(C(=O)N2CCN(CCN3C(=O)c4cccc5cccc(c45)C3=O)CC2)c1. The number of rotatable bonds is 6. The highest BCUT2D eigenvalue weighted by Gasteiger charge is 2.37. The number of hydrogen-bond acceptors (Lipinski definition) is 6. The van der Waals surface area contributed by atoms with Gasteiger partial charge >= 0.3 is 0 Å². The normalized spacial score (nSPS) is 18.7. The Kier molecular flexibility index (Phi) is 6.98. The molecule has 3 heterocycles. The predicted molar refractivity (Wildman–Crippen MR) is 167 cm³/mol. The first-order chi connectivity index (χ1) is 21.2. The maximum absolute atomic E-state index is 13.7. The highest BCUT2D eigenvalue weighted by atomic mass is 32.2. The van der Waals surface area contributed by atoms with Gasteiger partial charge in [0.1, 0.15) is 0 Å². The van der Waals surface area contributed by atoms with Crippen LogP contribution in [-0.2, 0) is 16.4 Å². The van der Waals surface area contributed by atoms with Crippen LogP contribution in [0.1, 0.15) is 43.6 Å². The fraction of sp³-hybridized carbons (Fsp3) is 0.265. The molecule has 4 aromatic carbocycles. The molecule has 1 fully saturated rings. The largest absolute Gasteiger partial charge is 0.336 e. The molecule has 1 saturated heterocycles. The highest BCUT2D eigenvalue weighted by Crippen LogP contribution is 2.36. The number of sulfonamides is 1. The van der Waals surface area contributed by atoms with Crippen LogP contribution in [0.15, 0.2) is 89.8 Å². The van der Waals surface area contributed by atoms with E-state index < -0.39 is 10.0 Å². The van der Waals surface area contributed by atoms with Crippen molar-refractivity contribution in [2.24, 2.45) is 0 Å². The van der Waals surface area contributed by atoms with E-state index in [9.17, 15) is 22.8 Å². The lowest BCUT2D eigenvalue weighted by atomic mass is 9.94. The van der Waals surface area contributed by atoms with Crippen molar-refractivity contribution in [1.29, 1.82) is 0 Å². The van der Waals surface area contributed by atoms with E-state index in [-0.39, 0.29) is 35.2 Å². The Morgan fingerprint density at radius 1 is 0.795 bits per heavy atom. The fourth-order valence-corrected chi connectivity index (χ4v) is 8.43. The molecule has 0 aromatic heterocycles. The van der Waals surface area contributed by atoms with E-state index in [1.807, 2.05) is 55.5 Å². The van der Waals surface area contributed by atoms with Gasteiger partial charge in [-0.2, -0.15) is 0 Å². The van der Waals surface area contributed by atoms with E-state index in [1.165, 1.54) is 15.3 Å². The second-order valence-corrected chi connectivity index (χ2v) is 13.4. The van der Waals surface area contributed by atoms with Crippen molar-refractivity contribution in [3.63, 3.8) is 0 Å². The standard InChI is InChI=1S/C34H32N4O5S/c1-23-21-25-7-2-3-14-30(25)38(23)44(42,43)27-11-4-10-26(22-27)32(39)36-18-15-35(16-19-36)17-20-37-33(40)28-12-5-8-24-9-6-13-29(31(24)28)34(37)41/h2-14,22-23H,15-21H2,1H3/t23-/m1/s1. The molecule has 44 heavy (non-hydrogen) atoms. The topological polar surface area (TPSA) is 98.3 Å². The molecule has 0 unspecified atom stereocenters. The molecule has 7 rings (SSSR count). The molecule has 0 saturated carbocycles. The summed E-state index contributed by atoms with van der Waals surface area (Å²) in [6.45, 7) is 4.71. The van der Waals surface area contributed by atoms with E-state index in [0.29, 0.717) is 66.9 Å². The highest BCUT2D eigenvalue weighted by molar-refractivity contribution is 7.92. The Hall–Kier alpha value is -4.54. The smallest absolute Gasteiger partial charge is 0.264 e. The monoisotopic (exact) mass is 608 g/mol. The lowest BCUT2D eigenvalue weighted by Gasteiger charge is -2.36. The summed E-state index contributed by atoms with van der Waals surface area (Å²) in [5.74, 6) is -0.785. The third kappa shape index (κ3) is 4.65. The van der Waals surface area contributed by atoms with Crippen molar-refractivity contribution in [2.75, 3.05) is 43.6 Å². The number of amides is 3. The number of imide groups is 1. The number of fused-ring (bicyclic) bond motifs is 1. The van der Waals surface area contributed by atoms with Gasteiger partial charge in [0.15, 0.2) is 0 Å². The third-order valence-electron chi connectivity index (χ3n) is 8.94. The summed E-state index contributed by atoms with van der Waals surface area (Å²) in [5.41, 5.74) is 3.09. The van der Waals surface area contributed by atoms with Crippen molar-refractivity contribution in [2.45, 2.75) is 24.3 Å². The van der Waals surface area contributed by atoms with Gasteiger partial charge in [-0.1, -0.05) is 48.5 Å². The van der Waals surface area contributed by atoms with Crippen molar-refractivity contribution < 1.29 is 22.8 Å². The van der Waals surface area contributed by atoms with Gasteiger partial charge in [-0.25, -0.2) is 8.42 Å². The Morgan fingerprint density at radius 2 is 1.45 bits per heavy atom. The van der Waals surface area contributed by atoms with Gasteiger partial charge in [0, 0.05) is 67.4 Å². The second kappa shape index (κ2) is 10.9. The van der Waals surface area contributed by atoms with Crippen LogP contribution < -0.4 is 4.31 Å². The van der Waals surface area contributed by atoms with Gasteiger partial charge in [-0.15, -0.1) is 0 Å². The molecule has 0 radical (unpaired) electrons. The van der Waals surface area contributed by atoms with Gasteiger partial charge in [0.25, 0.3) is 27.7 Å². The van der Waals surface area contributed by atoms with Crippen LogP contribution in [0.4, 0.5) is 5.69 Å². The van der Waals surface area contributed by atoms with E-state index in [1.54, 1.807) is 35.2 Å². The van der Waals surface area contributed by atoms with Gasteiger partial charge in [-0.05, 0) is 60.7 Å². The summed E-state index contributed by atoms with van der Waals surface area (Å²) in [6, 6.07) is 24.6. The number of piperazine rings is 1. The second-order valence-electron chi connectivity index (χ2n) is 11.6. The molecule has 0 aliphatic carbocycles. The quantitative estimate of drug-likeness (QED) is 0.307. The Labute approximate surface area is 256 Å².